The lowest BCUT2D eigenvalue weighted by Gasteiger charge is -2.34. The third kappa shape index (κ3) is 8.87. The van der Waals surface area contributed by atoms with Crippen LogP contribution in [0, 0.1) is 13.8 Å². The zero-order chi connectivity index (χ0) is 32.6. The van der Waals surface area contributed by atoms with Gasteiger partial charge in [-0.1, -0.05) is 96.4 Å². The second kappa shape index (κ2) is 15.4. The zero-order valence-corrected chi connectivity index (χ0v) is 27.9. The first kappa shape index (κ1) is 34.0. The van der Waals surface area contributed by atoms with Crippen molar-refractivity contribution in [3.63, 3.8) is 0 Å². The first-order valence-corrected chi connectivity index (χ1v) is 16.9. The zero-order valence-electron chi connectivity index (χ0n) is 25.5. The molecule has 0 aliphatic heterocycles. The van der Waals surface area contributed by atoms with E-state index in [-0.39, 0.29) is 23.8 Å². The SMILES string of the molecule is CCCNC(=O)[C@H](Cc1ccccc1)N(Cc1ccc(Cl)c(Cl)c1)C(=O)CN(c1cccc(C)c1)S(=O)(=O)c1ccc(C)cc1. The maximum absolute atomic E-state index is 14.5. The maximum Gasteiger partial charge on any atom is 0.264 e. The molecule has 0 saturated heterocycles. The monoisotopic (exact) mass is 665 g/mol. The molecule has 236 valence electrons. The number of halogens is 2. The van der Waals surface area contributed by atoms with E-state index in [1.807, 2.05) is 57.2 Å². The summed E-state index contributed by atoms with van der Waals surface area (Å²) in [4.78, 5) is 29.7. The van der Waals surface area contributed by atoms with Crippen LogP contribution in [0.1, 0.15) is 35.6 Å². The van der Waals surface area contributed by atoms with E-state index in [0.29, 0.717) is 34.3 Å². The maximum atomic E-state index is 14.5. The Labute approximate surface area is 275 Å². The van der Waals surface area contributed by atoms with Gasteiger partial charge in [-0.2, -0.15) is 0 Å². The normalized spacial score (nSPS) is 11.9. The van der Waals surface area contributed by atoms with Crippen LogP contribution in [-0.2, 0) is 32.6 Å². The van der Waals surface area contributed by atoms with Crippen molar-refractivity contribution in [3.05, 3.63) is 129 Å². The highest BCUT2D eigenvalue weighted by atomic mass is 35.5. The number of hydrogen-bond donors (Lipinski definition) is 1. The van der Waals surface area contributed by atoms with Crippen LogP contribution in [0.3, 0.4) is 0 Å². The van der Waals surface area contributed by atoms with Gasteiger partial charge in [0.25, 0.3) is 10.0 Å². The van der Waals surface area contributed by atoms with Crippen molar-refractivity contribution in [2.75, 3.05) is 17.4 Å². The number of anilines is 1. The van der Waals surface area contributed by atoms with Gasteiger partial charge in [0.05, 0.1) is 20.6 Å². The summed E-state index contributed by atoms with van der Waals surface area (Å²) in [6.07, 6.45) is 0.930. The van der Waals surface area contributed by atoms with Crippen LogP contribution in [0.2, 0.25) is 10.0 Å². The first-order valence-electron chi connectivity index (χ1n) is 14.7. The van der Waals surface area contributed by atoms with E-state index in [1.54, 1.807) is 48.5 Å². The third-order valence-corrected chi connectivity index (χ3v) is 9.86. The van der Waals surface area contributed by atoms with Gasteiger partial charge in [0.15, 0.2) is 0 Å². The Morgan fingerprint density at radius 3 is 2.16 bits per heavy atom. The molecule has 0 spiro atoms. The van der Waals surface area contributed by atoms with Gasteiger partial charge >= 0.3 is 0 Å². The number of sulfonamides is 1. The van der Waals surface area contributed by atoms with E-state index in [1.165, 1.54) is 17.0 Å². The van der Waals surface area contributed by atoms with Crippen LogP contribution < -0.4 is 9.62 Å². The molecular formula is C35H37Cl2N3O4S. The molecule has 0 unspecified atom stereocenters. The lowest BCUT2D eigenvalue weighted by molar-refractivity contribution is -0.140. The predicted octanol–water partition coefficient (Wildman–Crippen LogP) is 6.97. The van der Waals surface area contributed by atoms with Gasteiger partial charge in [-0.25, -0.2) is 8.42 Å². The molecule has 0 fully saturated rings. The minimum atomic E-state index is -4.17. The van der Waals surface area contributed by atoms with Gasteiger partial charge in [-0.15, -0.1) is 0 Å². The van der Waals surface area contributed by atoms with Crippen molar-refractivity contribution in [3.8, 4) is 0 Å². The summed E-state index contributed by atoms with van der Waals surface area (Å²) in [5.41, 5.74) is 3.57. The van der Waals surface area contributed by atoms with Crippen LogP contribution in [0.25, 0.3) is 0 Å². The molecular weight excluding hydrogens is 629 g/mol. The van der Waals surface area contributed by atoms with E-state index in [2.05, 4.69) is 5.32 Å². The Kier molecular flexibility index (Phi) is 11.7. The molecule has 0 radical (unpaired) electrons. The number of hydrogen-bond acceptors (Lipinski definition) is 4. The Bertz CT molecular complexity index is 1730. The fraction of sp³-hybridized carbons (Fsp3) is 0.257. The Hall–Kier alpha value is -3.85. The van der Waals surface area contributed by atoms with E-state index in [4.69, 9.17) is 23.2 Å². The average molecular weight is 667 g/mol. The van der Waals surface area contributed by atoms with Crippen LogP contribution in [0.5, 0.6) is 0 Å². The van der Waals surface area contributed by atoms with Crippen molar-refractivity contribution >= 4 is 50.7 Å². The van der Waals surface area contributed by atoms with E-state index >= 15 is 0 Å². The minimum absolute atomic E-state index is 0.000988. The van der Waals surface area contributed by atoms with Gasteiger partial charge in [0.1, 0.15) is 12.6 Å². The topological polar surface area (TPSA) is 86.8 Å². The number of benzene rings is 4. The first-order chi connectivity index (χ1) is 21.5. The number of carbonyl (C=O) groups is 2. The number of amides is 2. The van der Waals surface area contributed by atoms with Crippen molar-refractivity contribution in [2.45, 2.75) is 51.1 Å². The second-order valence-corrected chi connectivity index (χ2v) is 13.6. The molecule has 0 heterocycles. The van der Waals surface area contributed by atoms with E-state index in [9.17, 15) is 18.0 Å². The van der Waals surface area contributed by atoms with Gasteiger partial charge in [0, 0.05) is 19.5 Å². The van der Waals surface area contributed by atoms with Crippen LogP contribution in [-0.4, -0.2) is 44.3 Å². The lowest BCUT2D eigenvalue weighted by Crippen LogP contribution is -2.53. The summed E-state index contributed by atoms with van der Waals surface area (Å²) >= 11 is 12.5. The molecule has 4 aromatic carbocycles. The second-order valence-electron chi connectivity index (χ2n) is 10.9. The number of aryl methyl sites for hydroxylation is 2. The number of nitrogens with zero attached hydrogens (tertiary/aromatic N) is 2. The molecule has 0 aromatic heterocycles. The average Bonchev–Trinajstić information content (AvgIpc) is 3.02. The predicted molar refractivity (Wildman–Crippen MR) is 181 cm³/mol. The smallest absolute Gasteiger partial charge is 0.264 e. The third-order valence-electron chi connectivity index (χ3n) is 7.33. The van der Waals surface area contributed by atoms with Crippen LogP contribution in [0.4, 0.5) is 5.69 Å². The molecule has 0 bridgehead atoms. The van der Waals surface area contributed by atoms with Gasteiger partial charge in [-0.05, 0) is 73.4 Å². The van der Waals surface area contributed by atoms with Gasteiger partial charge in [0.2, 0.25) is 11.8 Å². The molecule has 45 heavy (non-hydrogen) atoms. The molecule has 7 nitrogen and oxygen atoms in total. The van der Waals surface area contributed by atoms with Gasteiger partial charge in [-0.3, -0.25) is 13.9 Å². The lowest BCUT2D eigenvalue weighted by atomic mass is 10.0. The molecule has 10 heteroatoms. The highest BCUT2D eigenvalue weighted by molar-refractivity contribution is 7.92. The van der Waals surface area contributed by atoms with E-state index in [0.717, 1.165) is 21.0 Å². The molecule has 0 aliphatic carbocycles. The fourth-order valence-electron chi connectivity index (χ4n) is 4.90. The quantitative estimate of drug-likeness (QED) is 0.167. The summed E-state index contributed by atoms with van der Waals surface area (Å²) in [5, 5.41) is 3.60. The van der Waals surface area contributed by atoms with Crippen LogP contribution >= 0.6 is 23.2 Å². The largest absolute Gasteiger partial charge is 0.354 e. The van der Waals surface area contributed by atoms with Crippen molar-refractivity contribution in [1.82, 2.24) is 10.2 Å². The molecule has 4 rings (SSSR count). The summed E-state index contributed by atoms with van der Waals surface area (Å²) in [6, 6.07) is 26.9. The standard InChI is InChI=1S/C35H37Cl2N3O4S/c1-4-19-38-35(42)33(22-27-10-6-5-7-11-27)39(23-28-15-18-31(36)32(37)21-28)34(41)24-40(29-12-8-9-26(3)20-29)45(43,44)30-16-13-25(2)14-17-30/h5-18,20-21,33H,4,19,22-24H2,1-3H3,(H,38,42)/t33-/m0/s1. The molecule has 4 aromatic rings. The highest BCUT2D eigenvalue weighted by Crippen LogP contribution is 2.27. The number of carbonyl (C=O) groups excluding carboxylic acids is 2. The fourth-order valence-corrected chi connectivity index (χ4v) is 6.63. The summed E-state index contributed by atoms with van der Waals surface area (Å²) < 4.78 is 29.4. The summed E-state index contributed by atoms with van der Waals surface area (Å²) in [7, 11) is -4.17. The molecule has 0 saturated carbocycles. The highest BCUT2D eigenvalue weighted by Gasteiger charge is 2.34. The minimum Gasteiger partial charge on any atom is -0.354 e. The van der Waals surface area contributed by atoms with Gasteiger partial charge < -0.3 is 10.2 Å². The van der Waals surface area contributed by atoms with Crippen molar-refractivity contribution in [1.29, 1.82) is 0 Å². The number of nitrogens with one attached hydrogen (secondary N) is 1. The van der Waals surface area contributed by atoms with Crippen molar-refractivity contribution < 1.29 is 18.0 Å². The van der Waals surface area contributed by atoms with Crippen LogP contribution in [0.15, 0.2) is 102 Å². The Morgan fingerprint density at radius 1 is 0.800 bits per heavy atom. The summed E-state index contributed by atoms with van der Waals surface area (Å²) in [5.74, 6) is -0.886. The van der Waals surface area contributed by atoms with Crippen molar-refractivity contribution in [2.24, 2.45) is 0 Å². The summed E-state index contributed by atoms with van der Waals surface area (Å²) in [6.45, 7) is 5.56. The molecule has 1 N–H and O–H groups in total. The molecule has 0 aliphatic rings. The Morgan fingerprint density at radius 2 is 1.51 bits per heavy atom. The van der Waals surface area contributed by atoms with E-state index < -0.39 is 28.5 Å². The Balaban J connectivity index is 1.81. The molecule has 1 atom stereocenters. The number of rotatable bonds is 13. The molecule has 2 amide bonds.